The van der Waals surface area contributed by atoms with Gasteiger partial charge in [0.1, 0.15) is 5.75 Å². The number of rotatable bonds is 7. The molecule has 4 rings (SSSR count). The normalized spacial score (nSPS) is 10.9. The molecule has 1 N–H and O–H groups in total. The molecular weight excluding hydrogens is 468 g/mol. The van der Waals surface area contributed by atoms with Gasteiger partial charge >= 0.3 is 0 Å². The maximum absolute atomic E-state index is 12.8. The summed E-state index contributed by atoms with van der Waals surface area (Å²) in [5.74, 6) is 1.45. The lowest BCUT2D eigenvalue weighted by atomic mass is 10.1. The molecule has 0 aliphatic carbocycles. The lowest BCUT2D eigenvalue weighted by Gasteiger charge is -2.13. The average molecular weight is 493 g/mol. The summed E-state index contributed by atoms with van der Waals surface area (Å²) in [6.45, 7) is 5.93. The van der Waals surface area contributed by atoms with Crippen molar-refractivity contribution in [3.8, 4) is 22.8 Å². The highest BCUT2D eigenvalue weighted by Crippen LogP contribution is 2.31. The molecule has 0 bridgehead atoms. The summed E-state index contributed by atoms with van der Waals surface area (Å²) in [5.41, 5.74) is 5.55. The number of anilines is 1. The van der Waals surface area contributed by atoms with E-state index in [4.69, 9.17) is 16.3 Å². The van der Waals surface area contributed by atoms with Gasteiger partial charge in [0.2, 0.25) is 5.91 Å². The van der Waals surface area contributed by atoms with Crippen LogP contribution in [0.1, 0.15) is 16.7 Å². The fourth-order valence-electron chi connectivity index (χ4n) is 3.68. The molecule has 1 aromatic heterocycles. The van der Waals surface area contributed by atoms with Gasteiger partial charge in [-0.2, -0.15) is 0 Å². The van der Waals surface area contributed by atoms with Crippen molar-refractivity contribution in [2.24, 2.45) is 0 Å². The number of carbonyl (C=O) groups is 1. The molecule has 8 heteroatoms. The van der Waals surface area contributed by atoms with Gasteiger partial charge in [0.25, 0.3) is 0 Å². The lowest BCUT2D eigenvalue weighted by molar-refractivity contribution is -0.113. The highest BCUT2D eigenvalue weighted by atomic mass is 35.5. The molecule has 34 heavy (non-hydrogen) atoms. The first-order valence-electron chi connectivity index (χ1n) is 10.7. The summed E-state index contributed by atoms with van der Waals surface area (Å²) in [7, 11) is 1.63. The van der Waals surface area contributed by atoms with Gasteiger partial charge in [-0.25, -0.2) is 0 Å². The molecule has 0 saturated heterocycles. The Hall–Kier alpha value is -3.29. The van der Waals surface area contributed by atoms with Gasteiger partial charge in [-0.1, -0.05) is 53.2 Å². The first-order chi connectivity index (χ1) is 16.4. The van der Waals surface area contributed by atoms with Crippen molar-refractivity contribution in [3.05, 3.63) is 82.4 Å². The van der Waals surface area contributed by atoms with Gasteiger partial charge in [-0.15, -0.1) is 10.2 Å². The van der Waals surface area contributed by atoms with Crippen LogP contribution >= 0.6 is 23.4 Å². The van der Waals surface area contributed by atoms with Gasteiger partial charge in [-0.3, -0.25) is 9.36 Å². The molecule has 1 heterocycles. The second kappa shape index (κ2) is 10.3. The Morgan fingerprint density at radius 3 is 2.47 bits per heavy atom. The minimum Gasteiger partial charge on any atom is -0.497 e. The van der Waals surface area contributed by atoms with E-state index in [1.165, 1.54) is 11.8 Å². The largest absolute Gasteiger partial charge is 0.497 e. The van der Waals surface area contributed by atoms with Crippen molar-refractivity contribution in [1.82, 2.24) is 14.8 Å². The zero-order valence-corrected chi connectivity index (χ0v) is 21.0. The molecule has 0 aliphatic rings. The van der Waals surface area contributed by atoms with Crippen molar-refractivity contribution in [2.75, 3.05) is 18.2 Å². The number of amides is 1. The Labute approximate surface area is 208 Å². The topological polar surface area (TPSA) is 69.0 Å². The van der Waals surface area contributed by atoms with Crippen LogP contribution in [-0.2, 0) is 4.79 Å². The first-order valence-corrected chi connectivity index (χ1v) is 12.1. The third-order valence-electron chi connectivity index (χ3n) is 5.27. The number of methoxy groups -OCH3 is 1. The summed E-state index contributed by atoms with van der Waals surface area (Å²) in [4.78, 5) is 12.8. The van der Waals surface area contributed by atoms with E-state index in [2.05, 4.69) is 21.6 Å². The number of aryl methyl sites for hydroxylation is 3. The van der Waals surface area contributed by atoms with Crippen molar-refractivity contribution < 1.29 is 9.53 Å². The molecule has 0 saturated carbocycles. The van der Waals surface area contributed by atoms with E-state index in [1.807, 2.05) is 79.9 Å². The van der Waals surface area contributed by atoms with E-state index < -0.39 is 0 Å². The van der Waals surface area contributed by atoms with Gasteiger partial charge in [-0.05, 0) is 68.3 Å². The molecule has 0 spiro atoms. The predicted octanol–water partition coefficient (Wildman–Crippen LogP) is 6.25. The second-order valence-electron chi connectivity index (χ2n) is 7.98. The number of nitrogens with one attached hydrogen (secondary N) is 1. The molecule has 0 atom stereocenters. The summed E-state index contributed by atoms with van der Waals surface area (Å²) in [5, 5.41) is 12.9. The van der Waals surface area contributed by atoms with Crippen molar-refractivity contribution >= 4 is 35.0 Å². The standard InChI is InChI=1S/C26H25ClN4O2S/c1-16-6-5-7-19(13-16)25-29-30-26(31(25)20-8-10-21(33-4)11-9-20)34-15-23(32)28-24-18(3)12-17(2)14-22(24)27/h5-14H,15H2,1-4H3,(H,28,32). The van der Waals surface area contributed by atoms with E-state index in [-0.39, 0.29) is 11.7 Å². The molecule has 174 valence electrons. The number of aromatic nitrogens is 3. The molecule has 3 aromatic carbocycles. The number of benzene rings is 3. The molecule has 0 unspecified atom stereocenters. The number of thioether (sulfide) groups is 1. The third kappa shape index (κ3) is 5.26. The second-order valence-corrected chi connectivity index (χ2v) is 9.33. The quantitative estimate of drug-likeness (QED) is 0.309. The molecule has 0 radical (unpaired) electrons. The Balaban J connectivity index is 1.62. The number of hydrogen-bond donors (Lipinski definition) is 1. The molecule has 4 aromatic rings. The number of halogens is 1. The molecule has 0 aliphatic heterocycles. The third-order valence-corrected chi connectivity index (χ3v) is 6.50. The van der Waals surface area contributed by atoms with E-state index in [0.29, 0.717) is 21.7 Å². The van der Waals surface area contributed by atoms with Crippen molar-refractivity contribution in [2.45, 2.75) is 25.9 Å². The van der Waals surface area contributed by atoms with Crippen LogP contribution in [0.5, 0.6) is 5.75 Å². The van der Waals surface area contributed by atoms with Crippen LogP contribution in [0.25, 0.3) is 17.1 Å². The Bertz CT molecular complexity index is 1310. The molecule has 1 amide bonds. The Morgan fingerprint density at radius 2 is 1.79 bits per heavy atom. The average Bonchev–Trinajstić information content (AvgIpc) is 3.24. The molecule has 6 nitrogen and oxygen atoms in total. The zero-order chi connectivity index (χ0) is 24.2. The maximum Gasteiger partial charge on any atom is 0.234 e. The Kier molecular flexibility index (Phi) is 7.24. The van der Waals surface area contributed by atoms with Gasteiger partial charge < -0.3 is 10.1 Å². The summed E-state index contributed by atoms with van der Waals surface area (Å²) in [6, 6.07) is 19.6. The van der Waals surface area contributed by atoms with Crippen molar-refractivity contribution in [1.29, 1.82) is 0 Å². The smallest absolute Gasteiger partial charge is 0.234 e. The summed E-state index contributed by atoms with van der Waals surface area (Å²) in [6.07, 6.45) is 0. The van der Waals surface area contributed by atoms with Crippen LogP contribution < -0.4 is 10.1 Å². The van der Waals surface area contributed by atoms with E-state index in [0.717, 1.165) is 33.7 Å². The monoisotopic (exact) mass is 492 g/mol. The highest BCUT2D eigenvalue weighted by Gasteiger charge is 2.18. The first kappa shape index (κ1) is 23.9. The summed E-state index contributed by atoms with van der Waals surface area (Å²) < 4.78 is 7.25. The number of nitrogens with zero attached hydrogens (tertiary/aromatic N) is 3. The molecular formula is C26H25ClN4O2S. The van der Waals surface area contributed by atoms with Crippen LogP contribution in [0.15, 0.2) is 65.8 Å². The zero-order valence-electron chi connectivity index (χ0n) is 19.4. The highest BCUT2D eigenvalue weighted by molar-refractivity contribution is 7.99. The van der Waals surface area contributed by atoms with E-state index >= 15 is 0 Å². The van der Waals surface area contributed by atoms with Crippen LogP contribution in [0.3, 0.4) is 0 Å². The maximum atomic E-state index is 12.8. The van der Waals surface area contributed by atoms with E-state index in [1.54, 1.807) is 7.11 Å². The molecule has 0 fully saturated rings. The minimum absolute atomic E-state index is 0.158. The van der Waals surface area contributed by atoms with Crippen LogP contribution in [0.4, 0.5) is 5.69 Å². The van der Waals surface area contributed by atoms with Crippen LogP contribution in [-0.4, -0.2) is 33.5 Å². The van der Waals surface area contributed by atoms with E-state index in [9.17, 15) is 4.79 Å². The number of hydrogen-bond acceptors (Lipinski definition) is 5. The Morgan fingerprint density at radius 1 is 1.03 bits per heavy atom. The number of ether oxygens (including phenoxy) is 1. The van der Waals surface area contributed by atoms with Gasteiger partial charge in [0.05, 0.1) is 23.6 Å². The van der Waals surface area contributed by atoms with Gasteiger partial charge in [0.15, 0.2) is 11.0 Å². The van der Waals surface area contributed by atoms with Gasteiger partial charge in [0, 0.05) is 11.3 Å². The van der Waals surface area contributed by atoms with Crippen LogP contribution in [0, 0.1) is 20.8 Å². The predicted molar refractivity (Wildman–Crippen MR) is 138 cm³/mol. The summed E-state index contributed by atoms with van der Waals surface area (Å²) >= 11 is 7.67. The lowest BCUT2D eigenvalue weighted by Crippen LogP contribution is -2.16. The van der Waals surface area contributed by atoms with Crippen LogP contribution in [0.2, 0.25) is 5.02 Å². The fraction of sp³-hybridized carbons (Fsp3) is 0.192. The SMILES string of the molecule is COc1ccc(-n2c(SCC(=O)Nc3c(C)cc(C)cc3Cl)nnc2-c2cccc(C)c2)cc1. The van der Waals surface area contributed by atoms with Crippen molar-refractivity contribution in [3.63, 3.8) is 0 Å². The minimum atomic E-state index is -0.166. The fourth-order valence-corrected chi connectivity index (χ4v) is 4.80. The number of carbonyl (C=O) groups excluding carboxylic acids is 1.